The van der Waals surface area contributed by atoms with Crippen LogP contribution in [0.4, 0.5) is 13.2 Å². The quantitative estimate of drug-likeness (QED) is 0.834. The van der Waals surface area contributed by atoms with E-state index in [1.807, 2.05) is 0 Å². The largest absolute Gasteiger partial charge is 0.573 e. The summed E-state index contributed by atoms with van der Waals surface area (Å²) < 4.78 is 39.9. The van der Waals surface area contributed by atoms with Crippen molar-refractivity contribution in [2.24, 2.45) is 0 Å². The van der Waals surface area contributed by atoms with Gasteiger partial charge in [-0.05, 0) is 37.0 Å². The molecule has 0 heterocycles. The van der Waals surface area contributed by atoms with Gasteiger partial charge in [0.25, 0.3) is 0 Å². The van der Waals surface area contributed by atoms with E-state index >= 15 is 0 Å². The monoisotopic (exact) mass is 331 g/mol. The number of aliphatic carboxylic acids is 1. The molecule has 0 aromatic heterocycles. The molecule has 1 aromatic carbocycles. The fraction of sp³-hybridized carbons (Fsp3) is 0.467. The Hall–Kier alpha value is -2.25. The van der Waals surface area contributed by atoms with Gasteiger partial charge in [-0.25, -0.2) is 0 Å². The first kappa shape index (κ1) is 17.1. The molecule has 1 aromatic rings. The smallest absolute Gasteiger partial charge is 0.480 e. The van der Waals surface area contributed by atoms with Crippen molar-refractivity contribution in [1.29, 1.82) is 0 Å². The number of benzene rings is 1. The van der Waals surface area contributed by atoms with Crippen LogP contribution in [0.25, 0.3) is 0 Å². The lowest BCUT2D eigenvalue weighted by Crippen LogP contribution is -2.37. The van der Waals surface area contributed by atoms with Crippen molar-refractivity contribution >= 4 is 11.9 Å². The van der Waals surface area contributed by atoms with Gasteiger partial charge in [0.05, 0.1) is 0 Å². The highest BCUT2D eigenvalue weighted by Crippen LogP contribution is 2.27. The molecule has 0 saturated heterocycles. The second-order valence-corrected chi connectivity index (χ2v) is 5.34. The van der Waals surface area contributed by atoms with Crippen LogP contribution < -0.4 is 4.74 Å². The van der Waals surface area contributed by atoms with Gasteiger partial charge in [0.15, 0.2) is 0 Å². The molecule has 126 valence electrons. The second kappa shape index (κ2) is 6.89. The van der Waals surface area contributed by atoms with Crippen LogP contribution >= 0.6 is 0 Å². The predicted molar refractivity (Wildman–Crippen MR) is 73.8 cm³/mol. The summed E-state index contributed by atoms with van der Waals surface area (Å²) in [5.74, 6) is -1.64. The summed E-state index contributed by atoms with van der Waals surface area (Å²) in [5.41, 5.74) is 0.680. The topological polar surface area (TPSA) is 66.8 Å². The number of amides is 1. The summed E-state index contributed by atoms with van der Waals surface area (Å²) in [5, 5.41) is 8.82. The van der Waals surface area contributed by atoms with Gasteiger partial charge in [0.2, 0.25) is 5.91 Å². The average molecular weight is 331 g/mol. The molecule has 5 nitrogen and oxygen atoms in total. The zero-order valence-corrected chi connectivity index (χ0v) is 12.2. The van der Waals surface area contributed by atoms with Crippen LogP contribution in [-0.2, 0) is 16.0 Å². The Kier molecular flexibility index (Phi) is 5.12. The summed E-state index contributed by atoms with van der Waals surface area (Å²) >= 11 is 0. The van der Waals surface area contributed by atoms with E-state index in [0.29, 0.717) is 12.0 Å². The second-order valence-electron chi connectivity index (χ2n) is 5.34. The van der Waals surface area contributed by atoms with E-state index in [1.165, 1.54) is 29.2 Å². The first-order valence-corrected chi connectivity index (χ1v) is 7.10. The molecule has 1 aliphatic carbocycles. The maximum Gasteiger partial charge on any atom is 0.573 e. The van der Waals surface area contributed by atoms with Gasteiger partial charge < -0.3 is 14.7 Å². The molecule has 1 fully saturated rings. The van der Waals surface area contributed by atoms with Crippen LogP contribution in [0.2, 0.25) is 0 Å². The molecule has 0 unspecified atom stereocenters. The number of nitrogens with zero attached hydrogens (tertiary/aromatic N) is 1. The highest BCUT2D eigenvalue weighted by Gasteiger charge is 2.33. The van der Waals surface area contributed by atoms with Crippen molar-refractivity contribution in [3.63, 3.8) is 0 Å². The van der Waals surface area contributed by atoms with E-state index in [2.05, 4.69) is 4.74 Å². The van der Waals surface area contributed by atoms with E-state index in [-0.39, 0.29) is 30.7 Å². The Balaban J connectivity index is 1.87. The van der Waals surface area contributed by atoms with Crippen molar-refractivity contribution < 1.29 is 32.6 Å². The number of rotatable bonds is 7. The third kappa shape index (κ3) is 5.80. The Labute approximate surface area is 130 Å². The molecular formula is C15H16F3NO4. The number of carbonyl (C=O) groups excluding carboxylic acids is 1. The lowest BCUT2D eigenvalue weighted by atomic mass is 10.1. The molecule has 8 heteroatoms. The van der Waals surface area contributed by atoms with Gasteiger partial charge in [-0.15, -0.1) is 13.2 Å². The van der Waals surface area contributed by atoms with Crippen LogP contribution in [-0.4, -0.2) is 40.8 Å². The highest BCUT2D eigenvalue weighted by atomic mass is 19.4. The number of carboxylic acid groups (broad SMARTS) is 1. The van der Waals surface area contributed by atoms with Crippen LogP contribution in [0.3, 0.4) is 0 Å². The van der Waals surface area contributed by atoms with Crippen molar-refractivity contribution in [3.05, 3.63) is 29.8 Å². The normalized spacial score (nSPS) is 14.4. The summed E-state index contributed by atoms with van der Waals surface area (Å²) in [7, 11) is 0. The summed E-state index contributed by atoms with van der Waals surface area (Å²) in [6.07, 6.45) is -2.68. The zero-order chi connectivity index (χ0) is 17.0. The van der Waals surface area contributed by atoms with Gasteiger partial charge in [0, 0.05) is 12.5 Å². The third-order valence-electron chi connectivity index (χ3n) is 3.40. The number of halogens is 3. The van der Waals surface area contributed by atoms with Crippen molar-refractivity contribution in [2.75, 3.05) is 6.54 Å². The van der Waals surface area contributed by atoms with Gasteiger partial charge in [0.1, 0.15) is 12.3 Å². The van der Waals surface area contributed by atoms with Crippen LogP contribution in [0.1, 0.15) is 24.8 Å². The molecule has 2 rings (SSSR count). The Morgan fingerprint density at radius 3 is 2.30 bits per heavy atom. The lowest BCUT2D eigenvalue weighted by Gasteiger charge is -2.20. The Morgan fingerprint density at radius 2 is 1.83 bits per heavy atom. The lowest BCUT2D eigenvalue weighted by molar-refractivity contribution is -0.274. The maximum atomic E-state index is 12.1. The molecule has 1 amide bonds. The first-order valence-electron chi connectivity index (χ1n) is 7.10. The molecular weight excluding hydrogens is 315 g/mol. The summed E-state index contributed by atoms with van der Waals surface area (Å²) in [6.45, 7) is -0.318. The minimum absolute atomic E-state index is 0.00108. The van der Waals surface area contributed by atoms with Gasteiger partial charge >= 0.3 is 12.3 Å². The van der Waals surface area contributed by atoms with Crippen molar-refractivity contribution in [3.8, 4) is 5.75 Å². The Morgan fingerprint density at radius 1 is 1.22 bits per heavy atom. The third-order valence-corrected chi connectivity index (χ3v) is 3.40. The van der Waals surface area contributed by atoms with E-state index in [4.69, 9.17) is 5.11 Å². The number of hydrogen-bond donors (Lipinski definition) is 1. The minimum Gasteiger partial charge on any atom is -0.480 e. The van der Waals surface area contributed by atoms with E-state index in [1.54, 1.807) is 0 Å². The van der Waals surface area contributed by atoms with E-state index in [0.717, 1.165) is 12.8 Å². The van der Waals surface area contributed by atoms with E-state index in [9.17, 15) is 22.8 Å². The SMILES string of the molecule is O=C(O)CN(C(=O)CCc1ccc(OC(F)(F)F)cc1)C1CC1. The molecule has 0 radical (unpaired) electrons. The fourth-order valence-electron chi connectivity index (χ4n) is 2.21. The van der Waals surface area contributed by atoms with E-state index < -0.39 is 12.3 Å². The van der Waals surface area contributed by atoms with Crippen molar-refractivity contribution in [2.45, 2.75) is 38.1 Å². The maximum absolute atomic E-state index is 12.1. The van der Waals surface area contributed by atoms with Gasteiger partial charge in [-0.1, -0.05) is 12.1 Å². The standard InChI is InChI=1S/C15H16F3NO4/c16-15(17,18)23-12-6-1-10(2-7-12)3-8-13(20)19(9-14(21)22)11-4-5-11/h1-2,6-7,11H,3-5,8-9H2,(H,21,22). The highest BCUT2D eigenvalue weighted by molar-refractivity contribution is 5.82. The van der Waals surface area contributed by atoms with Gasteiger partial charge in [-0.2, -0.15) is 0 Å². The summed E-state index contributed by atoms with van der Waals surface area (Å²) in [6, 6.07) is 5.27. The van der Waals surface area contributed by atoms with Crippen LogP contribution in [0.15, 0.2) is 24.3 Å². The fourth-order valence-corrected chi connectivity index (χ4v) is 2.21. The van der Waals surface area contributed by atoms with Gasteiger partial charge in [-0.3, -0.25) is 9.59 Å². The van der Waals surface area contributed by atoms with Crippen LogP contribution in [0.5, 0.6) is 5.75 Å². The molecule has 0 bridgehead atoms. The summed E-state index contributed by atoms with van der Waals surface area (Å²) in [4.78, 5) is 24.2. The first-order chi connectivity index (χ1) is 10.7. The zero-order valence-electron chi connectivity index (χ0n) is 12.2. The molecule has 23 heavy (non-hydrogen) atoms. The van der Waals surface area contributed by atoms with Crippen molar-refractivity contribution in [1.82, 2.24) is 4.90 Å². The molecule has 1 aliphatic rings. The number of aryl methyl sites for hydroxylation is 1. The minimum atomic E-state index is -4.74. The number of carboxylic acids is 1. The molecule has 0 spiro atoms. The molecule has 1 saturated carbocycles. The number of hydrogen-bond acceptors (Lipinski definition) is 3. The molecule has 0 aliphatic heterocycles. The molecule has 0 atom stereocenters. The average Bonchev–Trinajstić information content (AvgIpc) is 3.26. The van der Waals surface area contributed by atoms with Crippen LogP contribution in [0, 0.1) is 0 Å². The number of ether oxygens (including phenoxy) is 1. The molecule has 1 N–H and O–H groups in total. The number of carbonyl (C=O) groups is 2. The Bertz CT molecular complexity index is 567. The number of alkyl halides is 3. The predicted octanol–water partition coefficient (Wildman–Crippen LogP) is 2.59.